The lowest BCUT2D eigenvalue weighted by Crippen LogP contribution is -2.38. The standard InChI is InChI=1S/C13H18BrNO2/c1-10(2)15(9-8-14)13(16)11-6-4-5-7-12(11)17-3/h4-7,10H,8-9H2,1-3H3. The maximum Gasteiger partial charge on any atom is 0.257 e. The van der Waals surface area contributed by atoms with Crippen LogP contribution in [0.25, 0.3) is 0 Å². The highest BCUT2D eigenvalue weighted by Crippen LogP contribution is 2.20. The van der Waals surface area contributed by atoms with Gasteiger partial charge in [-0.2, -0.15) is 0 Å². The molecule has 0 aliphatic rings. The van der Waals surface area contributed by atoms with Crippen LogP contribution in [0.5, 0.6) is 5.75 Å². The smallest absolute Gasteiger partial charge is 0.257 e. The van der Waals surface area contributed by atoms with Gasteiger partial charge in [0, 0.05) is 17.9 Å². The van der Waals surface area contributed by atoms with E-state index in [1.807, 2.05) is 30.9 Å². The second-order valence-electron chi connectivity index (χ2n) is 3.98. The SMILES string of the molecule is COc1ccccc1C(=O)N(CCBr)C(C)C. The van der Waals surface area contributed by atoms with E-state index in [9.17, 15) is 4.79 Å². The van der Waals surface area contributed by atoms with Crippen LogP contribution in [0.15, 0.2) is 24.3 Å². The number of amides is 1. The highest BCUT2D eigenvalue weighted by atomic mass is 79.9. The first-order valence-electron chi connectivity index (χ1n) is 5.61. The molecule has 0 saturated carbocycles. The normalized spacial score (nSPS) is 10.4. The van der Waals surface area contributed by atoms with Crippen LogP contribution >= 0.6 is 15.9 Å². The second-order valence-corrected chi connectivity index (χ2v) is 4.77. The topological polar surface area (TPSA) is 29.5 Å². The van der Waals surface area contributed by atoms with Gasteiger partial charge in [-0.05, 0) is 26.0 Å². The van der Waals surface area contributed by atoms with E-state index in [0.29, 0.717) is 17.9 Å². The molecule has 1 aromatic rings. The molecule has 94 valence electrons. The molecule has 0 fully saturated rings. The van der Waals surface area contributed by atoms with Gasteiger partial charge in [0.25, 0.3) is 5.91 Å². The van der Waals surface area contributed by atoms with Crippen molar-refractivity contribution < 1.29 is 9.53 Å². The number of ether oxygens (including phenoxy) is 1. The third-order valence-electron chi connectivity index (χ3n) is 2.55. The molecule has 0 unspecified atom stereocenters. The number of hydrogen-bond donors (Lipinski definition) is 0. The van der Waals surface area contributed by atoms with Gasteiger partial charge in [0.1, 0.15) is 5.75 Å². The van der Waals surface area contributed by atoms with E-state index >= 15 is 0 Å². The summed E-state index contributed by atoms with van der Waals surface area (Å²) in [5.41, 5.74) is 0.615. The fourth-order valence-corrected chi connectivity index (χ4v) is 2.04. The van der Waals surface area contributed by atoms with Gasteiger partial charge in [-0.15, -0.1) is 0 Å². The lowest BCUT2D eigenvalue weighted by atomic mass is 10.1. The molecule has 0 aliphatic carbocycles. The van der Waals surface area contributed by atoms with E-state index in [0.717, 1.165) is 5.33 Å². The lowest BCUT2D eigenvalue weighted by Gasteiger charge is -2.26. The van der Waals surface area contributed by atoms with Gasteiger partial charge in [0.15, 0.2) is 0 Å². The molecule has 3 nitrogen and oxygen atoms in total. The van der Waals surface area contributed by atoms with Crippen LogP contribution in [0.2, 0.25) is 0 Å². The summed E-state index contributed by atoms with van der Waals surface area (Å²) in [5, 5.41) is 0.770. The van der Waals surface area contributed by atoms with Crippen molar-refractivity contribution in [3.63, 3.8) is 0 Å². The third kappa shape index (κ3) is 3.46. The molecule has 0 radical (unpaired) electrons. The van der Waals surface area contributed by atoms with Gasteiger partial charge < -0.3 is 9.64 Å². The Morgan fingerprint density at radius 3 is 2.59 bits per heavy atom. The Kier molecular flexibility index (Phi) is 5.48. The third-order valence-corrected chi connectivity index (χ3v) is 2.90. The molecule has 1 aromatic carbocycles. The Labute approximate surface area is 111 Å². The van der Waals surface area contributed by atoms with Crippen LogP contribution in [-0.2, 0) is 0 Å². The van der Waals surface area contributed by atoms with Crippen molar-refractivity contribution in [2.75, 3.05) is 19.0 Å². The van der Waals surface area contributed by atoms with Gasteiger partial charge in [-0.1, -0.05) is 28.1 Å². The van der Waals surface area contributed by atoms with Crippen LogP contribution in [0, 0.1) is 0 Å². The molecular weight excluding hydrogens is 282 g/mol. The van der Waals surface area contributed by atoms with Crippen molar-refractivity contribution in [2.45, 2.75) is 19.9 Å². The summed E-state index contributed by atoms with van der Waals surface area (Å²) in [4.78, 5) is 14.2. The largest absolute Gasteiger partial charge is 0.496 e. The highest BCUT2D eigenvalue weighted by Gasteiger charge is 2.20. The number of benzene rings is 1. The zero-order valence-corrected chi connectivity index (χ0v) is 12.0. The molecular formula is C13H18BrNO2. The maximum atomic E-state index is 12.4. The number of carbonyl (C=O) groups is 1. The summed E-state index contributed by atoms with van der Waals surface area (Å²) in [6, 6.07) is 7.48. The molecule has 0 spiro atoms. The first kappa shape index (κ1) is 14.0. The number of methoxy groups -OCH3 is 1. The predicted octanol–water partition coefficient (Wildman–Crippen LogP) is 2.94. The minimum absolute atomic E-state index is 0.0110. The van der Waals surface area contributed by atoms with Crippen molar-refractivity contribution in [3.8, 4) is 5.75 Å². The maximum absolute atomic E-state index is 12.4. The fourth-order valence-electron chi connectivity index (χ4n) is 1.66. The van der Waals surface area contributed by atoms with Gasteiger partial charge >= 0.3 is 0 Å². The molecule has 0 bridgehead atoms. The minimum Gasteiger partial charge on any atom is -0.496 e. The number of hydrogen-bond acceptors (Lipinski definition) is 2. The summed E-state index contributed by atoms with van der Waals surface area (Å²) < 4.78 is 5.22. The molecule has 4 heteroatoms. The number of para-hydroxylation sites is 1. The van der Waals surface area contributed by atoms with E-state index in [1.165, 1.54) is 0 Å². The number of alkyl halides is 1. The Hall–Kier alpha value is -1.03. The summed E-state index contributed by atoms with van der Waals surface area (Å²) >= 11 is 3.37. The minimum atomic E-state index is 0.0110. The van der Waals surface area contributed by atoms with Crippen molar-refractivity contribution in [1.29, 1.82) is 0 Å². The summed E-state index contributed by atoms with van der Waals surface area (Å²) in [6.07, 6.45) is 0. The zero-order chi connectivity index (χ0) is 12.8. The van der Waals surface area contributed by atoms with Crippen molar-refractivity contribution >= 4 is 21.8 Å². The molecule has 0 aliphatic heterocycles. The van der Waals surface area contributed by atoms with Crippen LogP contribution in [-0.4, -0.2) is 35.8 Å². The van der Waals surface area contributed by atoms with Crippen LogP contribution in [0.4, 0.5) is 0 Å². The Bertz CT molecular complexity index is 379. The van der Waals surface area contributed by atoms with Crippen molar-refractivity contribution in [1.82, 2.24) is 4.90 Å². The average Bonchev–Trinajstić information content (AvgIpc) is 2.34. The predicted molar refractivity (Wildman–Crippen MR) is 73.0 cm³/mol. The van der Waals surface area contributed by atoms with Gasteiger partial charge in [0.2, 0.25) is 0 Å². The lowest BCUT2D eigenvalue weighted by molar-refractivity contribution is 0.0716. The van der Waals surface area contributed by atoms with Crippen LogP contribution in [0.3, 0.4) is 0 Å². The molecule has 0 aromatic heterocycles. The first-order valence-corrected chi connectivity index (χ1v) is 6.74. The summed E-state index contributed by atoms with van der Waals surface area (Å²) in [5.74, 6) is 0.634. The first-order chi connectivity index (χ1) is 8.11. The quantitative estimate of drug-likeness (QED) is 0.783. The van der Waals surface area contributed by atoms with E-state index in [-0.39, 0.29) is 11.9 Å². The monoisotopic (exact) mass is 299 g/mol. The Balaban J connectivity index is 3.00. The van der Waals surface area contributed by atoms with Gasteiger partial charge in [-0.3, -0.25) is 4.79 Å². The number of rotatable bonds is 5. The molecule has 0 N–H and O–H groups in total. The molecule has 0 saturated heterocycles. The molecule has 0 atom stereocenters. The Morgan fingerprint density at radius 2 is 2.06 bits per heavy atom. The Morgan fingerprint density at radius 1 is 1.41 bits per heavy atom. The summed E-state index contributed by atoms with van der Waals surface area (Å²) in [6.45, 7) is 4.71. The summed E-state index contributed by atoms with van der Waals surface area (Å²) in [7, 11) is 1.58. The second kappa shape index (κ2) is 6.64. The van der Waals surface area contributed by atoms with E-state index < -0.39 is 0 Å². The van der Waals surface area contributed by atoms with E-state index in [2.05, 4.69) is 15.9 Å². The number of nitrogens with zero attached hydrogens (tertiary/aromatic N) is 1. The fraction of sp³-hybridized carbons (Fsp3) is 0.462. The molecule has 1 amide bonds. The van der Waals surface area contributed by atoms with E-state index in [4.69, 9.17) is 4.74 Å². The number of carbonyl (C=O) groups excluding carboxylic acids is 1. The van der Waals surface area contributed by atoms with Crippen LogP contribution < -0.4 is 4.74 Å². The van der Waals surface area contributed by atoms with E-state index in [1.54, 1.807) is 19.2 Å². The van der Waals surface area contributed by atoms with Gasteiger partial charge in [-0.25, -0.2) is 0 Å². The molecule has 17 heavy (non-hydrogen) atoms. The average molecular weight is 300 g/mol. The highest BCUT2D eigenvalue weighted by molar-refractivity contribution is 9.09. The molecule has 1 rings (SSSR count). The number of halogens is 1. The van der Waals surface area contributed by atoms with Crippen molar-refractivity contribution in [3.05, 3.63) is 29.8 Å². The van der Waals surface area contributed by atoms with Crippen LogP contribution in [0.1, 0.15) is 24.2 Å². The zero-order valence-electron chi connectivity index (χ0n) is 10.4. The molecule has 0 heterocycles. The van der Waals surface area contributed by atoms with Gasteiger partial charge in [0.05, 0.1) is 12.7 Å². The van der Waals surface area contributed by atoms with Crippen molar-refractivity contribution in [2.24, 2.45) is 0 Å².